The summed E-state index contributed by atoms with van der Waals surface area (Å²) < 4.78 is 54.7. The van der Waals surface area contributed by atoms with Crippen LogP contribution in [0.15, 0.2) is 18.2 Å². The third-order valence-corrected chi connectivity index (χ3v) is 4.13. The molecule has 0 aliphatic heterocycles. The van der Waals surface area contributed by atoms with Crippen molar-refractivity contribution in [1.29, 1.82) is 0 Å². The smallest absolute Gasteiger partial charge is 0.326 e. The number of hydrogen-bond acceptors (Lipinski definition) is 4. The number of carbonyl (C=O) groups excluding carboxylic acids is 1. The van der Waals surface area contributed by atoms with Gasteiger partial charge in [-0.3, -0.25) is 9.10 Å². The summed E-state index contributed by atoms with van der Waals surface area (Å²) >= 11 is 0. The molecular formula is C11H13F2NO4S. The quantitative estimate of drug-likeness (QED) is 0.768. The number of sulfonamides is 1. The maximum absolute atomic E-state index is 13.1. The Kier molecular flexibility index (Phi) is 4.82. The first kappa shape index (κ1) is 15.4. The van der Waals surface area contributed by atoms with Crippen LogP contribution in [0.3, 0.4) is 0 Å². The van der Waals surface area contributed by atoms with Gasteiger partial charge in [-0.15, -0.1) is 0 Å². The lowest BCUT2D eigenvalue weighted by Crippen LogP contribution is -2.37. The molecule has 0 amide bonds. The van der Waals surface area contributed by atoms with Crippen LogP contribution in [0.1, 0.15) is 6.92 Å². The first-order valence-electron chi connectivity index (χ1n) is 5.34. The molecule has 0 fully saturated rings. The maximum atomic E-state index is 13.1. The van der Waals surface area contributed by atoms with Crippen LogP contribution in [0.2, 0.25) is 0 Å². The molecule has 1 aromatic rings. The van der Waals surface area contributed by atoms with Gasteiger partial charge in [-0.05, 0) is 19.1 Å². The van der Waals surface area contributed by atoms with Crippen LogP contribution in [0, 0.1) is 11.6 Å². The van der Waals surface area contributed by atoms with Gasteiger partial charge in [0.1, 0.15) is 6.54 Å². The summed E-state index contributed by atoms with van der Waals surface area (Å²) in [5.41, 5.74) is -0.133. The second-order valence-corrected chi connectivity index (χ2v) is 5.76. The molecule has 0 N–H and O–H groups in total. The average molecular weight is 293 g/mol. The Balaban J connectivity index is 3.23. The van der Waals surface area contributed by atoms with Crippen LogP contribution in [0.5, 0.6) is 0 Å². The van der Waals surface area contributed by atoms with Crippen molar-refractivity contribution in [2.45, 2.75) is 6.92 Å². The minimum atomic E-state index is -3.80. The molecule has 0 heterocycles. The van der Waals surface area contributed by atoms with Gasteiger partial charge in [-0.2, -0.15) is 0 Å². The van der Waals surface area contributed by atoms with Crippen LogP contribution in [0.25, 0.3) is 0 Å². The van der Waals surface area contributed by atoms with E-state index >= 15 is 0 Å². The molecule has 1 rings (SSSR count). The van der Waals surface area contributed by atoms with Crippen LogP contribution < -0.4 is 4.31 Å². The van der Waals surface area contributed by atoms with Gasteiger partial charge in [0.2, 0.25) is 10.0 Å². The van der Waals surface area contributed by atoms with Crippen molar-refractivity contribution in [2.24, 2.45) is 0 Å². The topological polar surface area (TPSA) is 63.7 Å². The lowest BCUT2D eigenvalue weighted by Gasteiger charge is -2.22. The predicted molar refractivity (Wildman–Crippen MR) is 65.2 cm³/mol. The normalized spacial score (nSPS) is 11.2. The Morgan fingerprint density at radius 3 is 2.42 bits per heavy atom. The van der Waals surface area contributed by atoms with Crippen LogP contribution in [-0.2, 0) is 19.6 Å². The summed E-state index contributed by atoms with van der Waals surface area (Å²) in [4.78, 5) is 11.2. The fraction of sp³-hybridized carbons (Fsp3) is 0.364. The molecule has 0 radical (unpaired) electrons. The molecule has 5 nitrogen and oxygen atoms in total. The highest BCUT2D eigenvalue weighted by Gasteiger charge is 2.24. The number of rotatable bonds is 5. The molecule has 0 aliphatic rings. The number of nitrogens with zero attached hydrogens (tertiary/aromatic N) is 1. The Hall–Kier alpha value is -1.70. The van der Waals surface area contributed by atoms with E-state index in [9.17, 15) is 22.0 Å². The fourth-order valence-corrected chi connectivity index (χ4v) is 2.38. The van der Waals surface area contributed by atoms with E-state index in [0.29, 0.717) is 10.4 Å². The third kappa shape index (κ3) is 3.63. The number of carbonyl (C=O) groups is 1. The SMILES string of the molecule is CCS(=O)(=O)N(CC(=O)OC)c1ccc(F)c(F)c1. The maximum Gasteiger partial charge on any atom is 0.326 e. The number of halogens is 2. The minimum Gasteiger partial charge on any atom is -0.468 e. The summed E-state index contributed by atoms with van der Waals surface area (Å²) in [6.45, 7) is 0.775. The van der Waals surface area contributed by atoms with Crippen molar-refractivity contribution in [3.05, 3.63) is 29.8 Å². The zero-order valence-electron chi connectivity index (χ0n) is 10.4. The number of methoxy groups -OCH3 is 1. The predicted octanol–water partition coefficient (Wildman–Crippen LogP) is 1.29. The van der Waals surface area contributed by atoms with Crippen molar-refractivity contribution in [2.75, 3.05) is 23.7 Å². The van der Waals surface area contributed by atoms with E-state index in [0.717, 1.165) is 19.2 Å². The van der Waals surface area contributed by atoms with Gasteiger partial charge in [-0.25, -0.2) is 17.2 Å². The Labute approximate surface area is 109 Å². The van der Waals surface area contributed by atoms with Crippen molar-refractivity contribution in [1.82, 2.24) is 0 Å². The molecule has 0 saturated heterocycles. The van der Waals surface area contributed by atoms with Crippen LogP contribution in [-0.4, -0.2) is 33.8 Å². The Morgan fingerprint density at radius 2 is 1.95 bits per heavy atom. The summed E-state index contributed by atoms with van der Waals surface area (Å²) in [5.74, 6) is -3.39. The van der Waals surface area contributed by atoms with Gasteiger partial charge >= 0.3 is 5.97 Å². The van der Waals surface area contributed by atoms with Gasteiger partial charge in [0, 0.05) is 6.07 Å². The molecular weight excluding hydrogens is 280 g/mol. The van der Waals surface area contributed by atoms with Gasteiger partial charge in [0.15, 0.2) is 11.6 Å². The lowest BCUT2D eigenvalue weighted by molar-refractivity contribution is -0.138. The number of benzene rings is 1. The van der Waals surface area contributed by atoms with Crippen molar-refractivity contribution in [3.8, 4) is 0 Å². The average Bonchev–Trinajstić information content (AvgIpc) is 2.38. The Bertz CT molecular complexity index is 574. The van der Waals surface area contributed by atoms with Crippen LogP contribution >= 0.6 is 0 Å². The summed E-state index contributed by atoms with van der Waals surface area (Å²) in [6.07, 6.45) is 0. The molecule has 1 aromatic carbocycles. The summed E-state index contributed by atoms with van der Waals surface area (Å²) in [6, 6.07) is 2.58. The van der Waals surface area contributed by atoms with Crippen molar-refractivity contribution in [3.63, 3.8) is 0 Å². The molecule has 0 bridgehead atoms. The lowest BCUT2D eigenvalue weighted by atomic mass is 10.3. The molecule has 0 saturated carbocycles. The fourth-order valence-electron chi connectivity index (χ4n) is 1.33. The van der Waals surface area contributed by atoms with E-state index in [-0.39, 0.29) is 11.4 Å². The molecule has 0 aliphatic carbocycles. The highest BCUT2D eigenvalue weighted by atomic mass is 32.2. The van der Waals surface area contributed by atoms with Crippen LogP contribution in [0.4, 0.5) is 14.5 Å². The van der Waals surface area contributed by atoms with Crippen molar-refractivity contribution < 1.29 is 26.7 Å². The minimum absolute atomic E-state index is 0.133. The standard InChI is InChI=1S/C11H13F2NO4S/c1-3-19(16,17)14(7-11(15)18-2)8-4-5-9(12)10(13)6-8/h4-6H,3,7H2,1-2H3. The van der Waals surface area contributed by atoms with E-state index in [1.165, 1.54) is 6.92 Å². The third-order valence-electron chi connectivity index (χ3n) is 2.39. The first-order chi connectivity index (χ1) is 8.81. The van der Waals surface area contributed by atoms with E-state index in [2.05, 4.69) is 4.74 Å². The van der Waals surface area contributed by atoms with E-state index < -0.39 is 34.2 Å². The summed E-state index contributed by atoms with van der Waals surface area (Å²) in [5, 5.41) is 0. The molecule has 0 atom stereocenters. The number of ether oxygens (including phenoxy) is 1. The second kappa shape index (κ2) is 5.96. The molecule has 8 heteroatoms. The number of hydrogen-bond donors (Lipinski definition) is 0. The largest absolute Gasteiger partial charge is 0.468 e. The molecule has 0 spiro atoms. The first-order valence-corrected chi connectivity index (χ1v) is 6.95. The highest BCUT2D eigenvalue weighted by molar-refractivity contribution is 7.92. The summed E-state index contributed by atoms with van der Waals surface area (Å²) in [7, 11) is -2.70. The van der Waals surface area contributed by atoms with E-state index in [1.807, 2.05) is 0 Å². The zero-order valence-corrected chi connectivity index (χ0v) is 11.2. The van der Waals surface area contributed by atoms with E-state index in [1.54, 1.807) is 0 Å². The number of anilines is 1. The van der Waals surface area contributed by atoms with Gasteiger partial charge in [0.25, 0.3) is 0 Å². The van der Waals surface area contributed by atoms with Gasteiger partial charge in [0.05, 0.1) is 18.6 Å². The zero-order chi connectivity index (χ0) is 14.6. The van der Waals surface area contributed by atoms with Gasteiger partial charge in [-0.1, -0.05) is 0 Å². The highest BCUT2D eigenvalue weighted by Crippen LogP contribution is 2.21. The number of esters is 1. The molecule has 0 aromatic heterocycles. The Morgan fingerprint density at radius 1 is 1.32 bits per heavy atom. The monoisotopic (exact) mass is 293 g/mol. The molecule has 0 unspecified atom stereocenters. The molecule has 19 heavy (non-hydrogen) atoms. The van der Waals surface area contributed by atoms with Crippen molar-refractivity contribution >= 4 is 21.7 Å². The second-order valence-electron chi connectivity index (χ2n) is 3.58. The van der Waals surface area contributed by atoms with E-state index in [4.69, 9.17) is 0 Å². The molecule has 106 valence electrons. The van der Waals surface area contributed by atoms with Gasteiger partial charge < -0.3 is 4.74 Å².